The van der Waals surface area contributed by atoms with Crippen molar-refractivity contribution in [2.75, 3.05) is 20.8 Å². The number of ether oxygens (including phenoxy) is 2. The zero-order chi connectivity index (χ0) is 24.6. The fourth-order valence-corrected chi connectivity index (χ4v) is 4.72. The van der Waals surface area contributed by atoms with Gasteiger partial charge in [-0.05, 0) is 60.4 Å². The van der Waals surface area contributed by atoms with Gasteiger partial charge in [-0.25, -0.2) is 8.42 Å². The average molecular weight is 503 g/mol. The molecular formula is C25H27ClN2O5S. The number of carbonyl (C=O) groups is 1. The maximum atomic E-state index is 13.0. The molecule has 34 heavy (non-hydrogen) atoms. The monoisotopic (exact) mass is 502 g/mol. The van der Waals surface area contributed by atoms with Crippen molar-refractivity contribution in [3.8, 4) is 11.5 Å². The van der Waals surface area contributed by atoms with Crippen LogP contribution in [0.25, 0.3) is 0 Å². The number of methoxy groups -OCH3 is 2. The van der Waals surface area contributed by atoms with E-state index >= 15 is 0 Å². The molecule has 1 unspecified atom stereocenters. The standard InChI is InChI=1S/C25H27ClN2O5S/c1-32-23-13-8-19(17-24(23)33-2)14-15-27-25(29)22(16-18-6-4-3-5-7-18)28-34(30,31)21-11-9-20(26)10-12-21/h3-13,17,22,28H,14-16H2,1-2H3,(H,27,29). The fourth-order valence-electron chi connectivity index (χ4n) is 3.40. The molecule has 0 bridgehead atoms. The molecule has 180 valence electrons. The first-order valence-electron chi connectivity index (χ1n) is 10.6. The summed E-state index contributed by atoms with van der Waals surface area (Å²) in [7, 11) is -0.810. The number of carbonyl (C=O) groups excluding carboxylic acids is 1. The molecule has 3 rings (SSSR count). The van der Waals surface area contributed by atoms with Crippen LogP contribution in [0, 0.1) is 0 Å². The highest BCUT2D eigenvalue weighted by atomic mass is 35.5. The van der Waals surface area contributed by atoms with Crippen LogP contribution in [0.15, 0.2) is 77.7 Å². The molecule has 0 fully saturated rings. The van der Waals surface area contributed by atoms with E-state index in [4.69, 9.17) is 21.1 Å². The minimum atomic E-state index is -3.94. The lowest BCUT2D eigenvalue weighted by Gasteiger charge is -2.19. The molecule has 0 radical (unpaired) electrons. The van der Waals surface area contributed by atoms with Gasteiger partial charge in [0, 0.05) is 11.6 Å². The lowest BCUT2D eigenvalue weighted by atomic mass is 10.1. The Kier molecular flexibility index (Phi) is 8.92. The van der Waals surface area contributed by atoms with Crippen molar-refractivity contribution >= 4 is 27.5 Å². The summed E-state index contributed by atoms with van der Waals surface area (Å²) in [6, 6.07) is 19.6. The summed E-state index contributed by atoms with van der Waals surface area (Å²) >= 11 is 5.87. The Morgan fingerprint density at radius 2 is 1.59 bits per heavy atom. The first kappa shape index (κ1) is 25.6. The molecule has 0 saturated heterocycles. The van der Waals surface area contributed by atoms with Crippen LogP contribution >= 0.6 is 11.6 Å². The first-order valence-corrected chi connectivity index (χ1v) is 12.5. The molecule has 9 heteroatoms. The average Bonchev–Trinajstić information content (AvgIpc) is 2.84. The normalized spacial score (nSPS) is 12.1. The summed E-state index contributed by atoms with van der Waals surface area (Å²) < 4.78 is 38.9. The number of amides is 1. The second-order valence-corrected chi connectivity index (χ2v) is 9.70. The highest BCUT2D eigenvalue weighted by Crippen LogP contribution is 2.27. The Balaban J connectivity index is 1.71. The van der Waals surface area contributed by atoms with Gasteiger partial charge in [0.25, 0.3) is 0 Å². The molecular weight excluding hydrogens is 476 g/mol. The molecule has 1 amide bonds. The lowest BCUT2D eigenvalue weighted by Crippen LogP contribution is -2.48. The molecule has 1 atom stereocenters. The number of hydrogen-bond acceptors (Lipinski definition) is 5. The van der Waals surface area contributed by atoms with Crippen LogP contribution in [0.5, 0.6) is 11.5 Å². The SMILES string of the molecule is COc1ccc(CCNC(=O)C(Cc2ccccc2)NS(=O)(=O)c2ccc(Cl)cc2)cc1OC. The van der Waals surface area contributed by atoms with Gasteiger partial charge in [0.1, 0.15) is 6.04 Å². The van der Waals surface area contributed by atoms with Crippen LogP contribution in [0.1, 0.15) is 11.1 Å². The van der Waals surface area contributed by atoms with E-state index in [0.29, 0.717) is 29.5 Å². The summed E-state index contributed by atoms with van der Waals surface area (Å²) in [4.78, 5) is 13.1. The fraction of sp³-hybridized carbons (Fsp3) is 0.240. The summed E-state index contributed by atoms with van der Waals surface area (Å²) in [6.07, 6.45) is 0.740. The molecule has 7 nitrogen and oxygen atoms in total. The van der Waals surface area contributed by atoms with Gasteiger partial charge in [0.2, 0.25) is 15.9 Å². The Labute approximate surface area is 205 Å². The topological polar surface area (TPSA) is 93.7 Å². The van der Waals surface area contributed by atoms with E-state index in [1.54, 1.807) is 20.3 Å². The van der Waals surface area contributed by atoms with Crippen molar-refractivity contribution < 1.29 is 22.7 Å². The van der Waals surface area contributed by atoms with Gasteiger partial charge in [0.15, 0.2) is 11.5 Å². The van der Waals surface area contributed by atoms with Gasteiger partial charge in [-0.1, -0.05) is 48.0 Å². The van der Waals surface area contributed by atoms with Gasteiger partial charge in [-0.2, -0.15) is 4.72 Å². The van der Waals surface area contributed by atoms with Crippen molar-refractivity contribution in [3.05, 3.63) is 88.9 Å². The van der Waals surface area contributed by atoms with E-state index in [2.05, 4.69) is 10.0 Å². The highest BCUT2D eigenvalue weighted by molar-refractivity contribution is 7.89. The number of nitrogens with one attached hydrogen (secondary N) is 2. The first-order chi connectivity index (χ1) is 16.3. The van der Waals surface area contributed by atoms with Crippen LogP contribution in [0.3, 0.4) is 0 Å². The molecule has 0 aliphatic carbocycles. The van der Waals surface area contributed by atoms with Gasteiger partial charge >= 0.3 is 0 Å². The second kappa shape index (κ2) is 11.9. The van der Waals surface area contributed by atoms with E-state index in [0.717, 1.165) is 11.1 Å². The Morgan fingerprint density at radius 3 is 2.24 bits per heavy atom. The van der Waals surface area contributed by atoms with Crippen molar-refractivity contribution in [2.24, 2.45) is 0 Å². The van der Waals surface area contributed by atoms with E-state index in [-0.39, 0.29) is 11.3 Å². The van der Waals surface area contributed by atoms with Crippen LogP contribution in [-0.4, -0.2) is 41.1 Å². The lowest BCUT2D eigenvalue weighted by molar-refractivity contribution is -0.122. The summed E-state index contributed by atoms with van der Waals surface area (Å²) in [5.41, 5.74) is 1.78. The largest absolute Gasteiger partial charge is 0.493 e. The molecule has 2 N–H and O–H groups in total. The molecule has 0 spiro atoms. The van der Waals surface area contributed by atoms with Crippen LogP contribution in [0.2, 0.25) is 5.02 Å². The molecule has 0 saturated carbocycles. The molecule has 3 aromatic carbocycles. The predicted molar refractivity (Wildman–Crippen MR) is 132 cm³/mol. The van der Waals surface area contributed by atoms with Gasteiger partial charge in [0.05, 0.1) is 19.1 Å². The third kappa shape index (κ3) is 6.96. The minimum absolute atomic E-state index is 0.0353. The van der Waals surface area contributed by atoms with Crippen molar-refractivity contribution in [2.45, 2.75) is 23.8 Å². The van der Waals surface area contributed by atoms with Crippen LogP contribution < -0.4 is 19.5 Å². The molecule has 0 aliphatic rings. The summed E-state index contributed by atoms with van der Waals surface area (Å²) in [5, 5.41) is 3.27. The number of benzene rings is 3. The summed E-state index contributed by atoms with van der Waals surface area (Å²) in [5.74, 6) is 0.806. The number of hydrogen-bond donors (Lipinski definition) is 2. The highest BCUT2D eigenvalue weighted by Gasteiger charge is 2.26. The Hall–Kier alpha value is -3.07. The number of halogens is 1. The zero-order valence-corrected chi connectivity index (χ0v) is 20.5. The van der Waals surface area contributed by atoms with Gasteiger partial charge in [-0.3, -0.25) is 4.79 Å². The Bertz CT molecular complexity index is 1200. The third-order valence-corrected chi connectivity index (χ3v) is 6.92. The Morgan fingerprint density at radius 1 is 0.912 bits per heavy atom. The maximum Gasteiger partial charge on any atom is 0.241 e. The zero-order valence-electron chi connectivity index (χ0n) is 19.0. The van der Waals surface area contributed by atoms with E-state index in [9.17, 15) is 13.2 Å². The van der Waals surface area contributed by atoms with Gasteiger partial charge in [-0.15, -0.1) is 0 Å². The van der Waals surface area contributed by atoms with Crippen LogP contribution in [-0.2, 0) is 27.7 Å². The van der Waals surface area contributed by atoms with Crippen molar-refractivity contribution in [1.29, 1.82) is 0 Å². The number of sulfonamides is 1. The molecule has 0 heterocycles. The van der Waals surface area contributed by atoms with Crippen LogP contribution in [0.4, 0.5) is 0 Å². The van der Waals surface area contributed by atoms with Crippen molar-refractivity contribution in [1.82, 2.24) is 10.0 Å². The summed E-state index contributed by atoms with van der Waals surface area (Å²) in [6.45, 7) is 0.322. The third-order valence-electron chi connectivity index (χ3n) is 5.18. The minimum Gasteiger partial charge on any atom is -0.493 e. The number of rotatable bonds is 11. The van der Waals surface area contributed by atoms with E-state index in [1.165, 1.54) is 24.3 Å². The van der Waals surface area contributed by atoms with Crippen molar-refractivity contribution in [3.63, 3.8) is 0 Å². The molecule has 0 aliphatic heterocycles. The second-order valence-electron chi connectivity index (χ2n) is 7.55. The predicted octanol–water partition coefficient (Wildman–Crippen LogP) is 3.61. The van der Waals surface area contributed by atoms with E-state index in [1.807, 2.05) is 42.5 Å². The maximum absolute atomic E-state index is 13.0. The van der Waals surface area contributed by atoms with Gasteiger partial charge < -0.3 is 14.8 Å². The molecule has 0 aromatic heterocycles. The quantitative estimate of drug-likeness (QED) is 0.418. The van der Waals surface area contributed by atoms with E-state index < -0.39 is 22.0 Å². The smallest absolute Gasteiger partial charge is 0.241 e. The molecule has 3 aromatic rings.